The van der Waals surface area contributed by atoms with E-state index in [1.54, 1.807) is 17.0 Å². The van der Waals surface area contributed by atoms with E-state index in [-0.39, 0.29) is 18.1 Å². The summed E-state index contributed by atoms with van der Waals surface area (Å²) in [5, 5.41) is 21.2. The predicted octanol–water partition coefficient (Wildman–Crippen LogP) is 2.28. The van der Waals surface area contributed by atoms with Gasteiger partial charge in [-0.1, -0.05) is 13.8 Å². The minimum absolute atomic E-state index is 0.0214. The molecule has 1 aromatic rings. The van der Waals surface area contributed by atoms with E-state index in [9.17, 15) is 20.0 Å². The molecule has 1 amide bonds. The number of carbonyl (C=O) groups excluding carboxylic acids is 1. The number of anilines is 1. The van der Waals surface area contributed by atoms with Gasteiger partial charge in [-0.15, -0.1) is 0 Å². The Balaban J connectivity index is 1.88. The normalized spacial score (nSPS) is 26.8. The summed E-state index contributed by atoms with van der Waals surface area (Å²) in [5.74, 6) is 0.707. The fraction of sp³-hybridized carbons (Fsp3) is 0.611. The van der Waals surface area contributed by atoms with Gasteiger partial charge in [0.05, 0.1) is 11.0 Å². The van der Waals surface area contributed by atoms with Crippen LogP contribution < -0.4 is 4.90 Å². The van der Waals surface area contributed by atoms with Crippen molar-refractivity contribution in [2.75, 3.05) is 31.1 Å². The van der Waals surface area contributed by atoms with Crippen molar-refractivity contribution in [3.8, 4) is 0 Å². The number of benzene rings is 1. The van der Waals surface area contributed by atoms with Crippen LogP contribution in [0.5, 0.6) is 0 Å². The number of hydrogen-bond donors (Lipinski definition) is 1. The monoisotopic (exact) mass is 347 g/mol. The smallest absolute Gasteiger partial charge is 0.293 e. The van der Waals surface area contributed by atoms with Crippen molar-refractivity contribution >= 4 is 17.3 Å². The molecule has 2 heterocycles. The first-order valence-electron chi connectivity index (χ1n) is 8.86. The third-order valence-corrected chi connectivity index (χ3v) is 5.08. The van der Waals surface area contributed by atoms with Gasteiger partial charge in [0.1, 0.15) is 5.69 Å². The lowest BCUT2D eigenvalue weighted by atomic mass is 9.91. The largest absolute Gasteiger partial charge is 0.391 e. The first-order valence-corrected chi connectivity index (χ1v) is 8.86. The summed E-state index contributed by atoms with van der Waals surface area (Å²) in [6.07, 6.45) is 1.17. The molecule has 2 aliphatic rings. The molecule has 0 bridgehead atoms. The number of aliphatic hydroxyl groups excluding tert-OH is 1. The van der Waals surface area contributed by atoms with Gasteiger partial charge in [-0.05, 0) is 36.8 Å². The Morgan fingerprint density at radius 2 is 1.92 bits per heavy atom. The van der Waals surface area contributed by atoms with Gasteiger partial charge in [0.2, 0.25) is 0 Å². The highest BCUT2D eigenvalue weighted by Gasteiger charge is 2.30. The Morgan fingerprint density at radius 1 is 1.24 bits per heavy atom. The molecule has 7 nitrogen and oxygen atoms in total. The van der Waals surface area contributed by atoms with Crippen LogP contribution in [-0.2, 0) is 0 Å². The van der Waals surface area contributed by atoms with Crippen LogP contribution in [0.2, 0.25) is 0 Å². The van der Waals surface area contributed by atoms with Gasteiger partial charge in [0, 0.05) is 37.8 Å². The number of amides is 1. The van der Waals surface area contributed by atoms with Gasteiger partial charge >= 0.3 is 0 Å². The Labute approximate surface area is 147 Å². The molecule has 1 N–H and O–H groups in total. The molecule has 0 aliphatic carbocycles. The molecule has 2 saturated heterocycles. The molecule has 2 fully saturated rings. The second-order valence-corrected chi connectivity index (χ2v) is 7.51. The van der Waals surface area contributed by atoms with Gasteiger partial charge in [-0.2, -0.15) is 0 Å². The van der Waals surface area contributed by atoms with Crippen LogP contribution in [0.4, 0.5) is 11.4 Å². The summed E-state index contributed by atoms with van der Waals surface area (Å²) >= 11 is 0. The molecule has 0 saturated carbocycles. The quantitative estimate of drug-likeness (QED) is 0.669. The number of carbonyl (C=O) groups is 1. The van der Waals surface area contributed by atoms with E-state index in [1.165, 1.54) is 6.07 Å². The van der Waals surface area contributed by atoms with Crippen LogP contribution in [-0.4, -0.2) is 53.1 Å². The fourth-order valence-electron chi connectivity index (χ4n) is 4.04. The molecule has 7 heteroatoms. The minimum atomic E-state index is -0.505. The first-order chi connectivity index (χ1) is 11.8. The van der Waals surface area contributed by atoms with Crippen LogP contribution in [0.15, 0.2) is 18.2 Å². The third kappa shape index (κ3) is 3.76. The number of nitrogens with zero attached hydrogens (tertiary/aromatic N) is 3. The molecule has 3 atom stereocenters. The minimum Gasteiger partial charge on any atom is -0.391 e. The molecule has 0 radical (unpaired) electrons. The van der Waals surface area contributed by atoms with Crippen LogP contribution >= 0.6 is 0 Å². The summed E-state index contributed by atoms with van der Waals surface area (Å²) in [6.45, 7) is 6.66. The second-order valence-electron chi connectivity index (χ2n) is 7.51. The average molecular weight is 347 g/mol. The molecule has 0 spiro atoms. The third-order valence-electron chi connectivity index (χ3n) is 5.08. The summed E-state index contributed by atoms with van der Waals surface area (Å²) in [7, 11) is 0. The van der Waals surface area contributed by atoms with E-state index in [0.29, 0.717) is 36.1 Å². The molecule has 2 aliphatic heterocycles. The maximum absolute atomic E-state index is 12.5. The van der Waals surface area contributed by atoms with E-state index < -0.39 is 11.0 Å². The zero-order chi connectivity index (χ0) is 18.1. The van der Waals surface area contributed by atoms with E-state index >= 15 is 0 Å². The molecule has 25 heavy (non-hydrogen) atoms. The van der Waals surface area contributed by atoms with E-state index in [0.717, 1.165) is 19.5 Å². The SMILES string of the molecule is CC1CC(C)CN(c2ccc(C(=O)N3CC[C@H](O)C3)cc2[N+](=O)[O-])C1. The van der Waals surface area contributed by atoms with Gasteiger partial charge < -0.3 is 14.9 Å². The number of rotatable bonds is 3. The number of β-amino-alcohol motifs (C(OH)–C–C–N with tert-alkyl or cyclic N) is 1. The number of likely N-dealkylation sites (tertiary alicyclic amines) is 1. The average Bonchev–Trinajstić information content (AvgIpc) is 2.99. The standard InChI is InChI=1S/C18H25N3O4/c1-12-7-13(2)10-20(9-12)16-4-3-14(8-17(16)21(24)25)18(23)19-6-5-15(22)11-19/h3-4,8,12-13,15,22H,5-7,9-11H2,1-2H3/t12?,13?,15-/m0/s1. The molecule has 0 aromatic heterocycles. The van der Waals surface area contributed by atoms with E-state index in [1.807, 2.05) is 0 Å². The molecule has 2 unspecified atom stereocenters. The molecular formula is C18H25N3O4. The Hall–Kier alpha value is -2.15. The molecule has 3 rings (SSSR count). The van der Waals surface area contributed by atoms with Gasteiger partial charge in [-0.3, -0.25) is 14.9 Å². The lowest BCUT2D eigenvalue weighted by Gasteiger charge is -2.36. The van der Waals surface area contributed by atoms with Gasteiger partial charge in [0.25, 0.3) is 11.6 Å². The van der Waals surface area contributed by atoms with Crippen molar-refractivity contribution in [1.82, 2.24) is 4.90 Å². The Bertz CT molecular complexity index is 668. The maximum atomic E-state index is 12.5. The number of aliphatic hydroxyl groups is 1. The number of nitro groups is 1. The van der Waals surface area contributed by atoms with E-state index in [4.69, 9.17) is 0 Å². The number of piperidine rings is 1. The number of nitro benzene ring substituents is 1. The van der Waals surface area contributed by atoms with Crippen LogP contribution in [0, 0.1) is 22.0 Å². The Kier molecular flexibility index (Phi) is 4.94. The highest BCUT2D eigenvalue weighted by Crippen LogP contribution is 2.34. The van der Waals surface area contributed by atoms with Crippen molar-refractivity contribution < 1.29 is 14.8 Å². The maximum Gasteiger partial charge on any atom is 0.293 e. The zero-order valence-electron chi connectivity index (χ0n) is 14.7. The van der Waals surface area contributed by atoms with E-state index in [2.05, 4.69) is 18.7 Å². The van der Waals surface area contributed by atoms with Crippen LogP contribution in [0.1, 0.15) is 37.0 Å². The molecular weight excluding hydrogens is 322 g/mol. The van der Waals surface area contributed by atoms with Crippen molar-refractivity contribution in [1.29, 1.82) is 0 Å². The summed E-state index contributed by atoms with van der Waals surface area (Å²) in [6, 6.07) is 4.74. The second kappa shape index (κ2) is 7.00. The van der Waals surface area contributed by atoms with Crippen LogP contribution in [0.25, 0.3) is 0 Å². The summed E-state index contributed by atoms with van der Waals surface area (Å²) < 4.78 is 0. The number of hydrogen-bond acceptors (Lipinski definition) is 5. The van der Waals surface area contributed by atoms with Crippen molar-refractivity contribution in [3.05, 3.63) is 33.9 Å². The highest BCUT2D eigenvalue weighted by molar-refractivity contribution is 5.96. The van der Waals surface area contributed by atoms with Crippen molar-refractivity contribution in [3.63, 3.8) is 0 Å². The van der Waals surface area contributed by atoms with Gasteiger partial charge in [0.15, 0.2) is 0 Å². The van der Waals surface area contributed by atoms with Crippen molar-refractivity contribution in [2.24, 2.45) is 11.8 Å². The Morgan fingerprint density at radius 3 is 2.48 bits per heavy atom. The lowest BCUT2D eigenvalue weighted by Crippen LogP contribution is -2.39. The summed E-state index contributed by atoms with van der Waals surface area (Å²) in [5.41, 5.74) is 0.871. The zero-order valence-corrected chi connectivity index (χ0v) is 14.7. The van der Waals surface area contributed by atoms with Crippen molar-refractivity contribution in [2.45, 2.75) is 32.8 Å². The van der Waals surface area contributed by atoms with Gasteiger partial charge in [-0.25, -0.2) is 0 Å². The topological polar surface area (TPSA) is 86.9 Å². The highest BCUT2D eigenvalue weighted by atomic mass is 16.6. The molecule has 1 aromatic carbocycles. The summed E-state index contributed by atoms with van der Waals surface area (Å²) in [4.78, 5) is 27.3. The fourth-order valence-corrected chi connectivity index (χ4v) is 4.04. The first kappa shape index (κ1) is 17.7. The predicted molar refractivity (Wildman–Crippen MR) is 94.8 cm³/mol. The lowest BCUT2D eigenvalue weighted by molar-refractivity contribution is -0.384. The molecule has 136 valence electrons. The van der Waals surface area contributed by atoms with Crippen LogP contribution in [0.3, 0.4) is 0 Å².